The number of anilines is 2. The molecule has 4 aliphatic heterocycles. The molecule has 3 amide bonds. The number of hydrogen-bond donors (Lipinski definition) is 5. The van der Waals surface area contributed by atoms with Gasteiger partial charge in [0, 0.05) is 50.5 Å². The van der Waals surface area contributed by atoms with Gasteiger partial charge in [-0.2, -0.15) is 8.42 Å². The van der Waals surface area contributed by atoms with E-state index in [4.69, 9.17) is 18.9 Å². The molecular formula is C36H46N5O12PS. The molecule has 4 aliphatic rings. The number of ether oxygens (including phenoxy) is 4. The number of hydrogen-bond acceptors (Lipinski definition) is 13. The Hall–Kier alpha value is -4.77. The van der Waals surface area contributed by atoms with Crippen LogP contribution < -0.4 is 34.9 Å². The SMILES string of the molecule is C=C1C[C@H]2CNc3cc(OCCP(=O)(CCOc4cc5c(cc4OC)C(=O)N4CC(=C)C[C@H]4C(S(=O)(=O)O)N5)CNC(=O)CCO)c(OC)cc3C(=O)N2C1. The minimum atomic E-state index is -4.67. The lowest BCUT2D eigenvalue weighted by Gasteiger charge is -2.26. The third kappa shape index (κ3) is 8.57. The highest BCUT2D eigenvalue weighted by molar-refractivity contribution is 7.86. The fourth-order valence-electron chi connectivity index (χ4n) is 7.30. The van der Waals surface area contributed by atoms with Crippen LogP contribution in [0, 0.1) is 0 Å². The van der Waals surface area contributed by atoms with Gasteiger partial charge in [0.15, 0.2) is 28.4 Å². The average molecular weight is 804 g/mol. The number of nitrogens with one attached hydrogen (secondary N) is 3. The van der Waals surface area contributed by atoms with E-state index in [1.54, 1.807) is 17.0 Å². The molecule has 298 valence electrons. The molecule has 4 heterocycles. The normalized spacial score (nSPS) is 21.5. The van der Waals surface area contributed by atoms with Crippen molar-refractivity contribution in [2.45, 2.75) is 36.7 Å². The molecule has 17 nitrogen and oxygen atoms in total. The van der Waals surface area contributed by atoms with Gasteiger partial charge >= 0.3 is 0 Å². The van der Waals surface area contributed by atoms with Crippen molar-refractivity contribution in [2.24, 2.45) is 0 Å². The van der Waals surface area contributed by atoms with Gasteiger partial charge in [-0.05, 0) is 25.0 Å². The first kappa shape index (κ1) is 39.9. The molecule has 55 heavy (non-hydrogen) atoms. The summed E-state index contributed by atoms with van der Waals surface area (Å²) in [5.74, 6) is -0.224. The van der Waals surface area contributed by atoms with Crippen LogP contribution in [-0.4, -0.2) is 135 Å². The van der Waals surface area contributed by atoms with Gasteiger partial charge < -0.3 is 54.4 Å². The number of methoxy groups -OCH3 is 2. The number of nitrogens with zero attached hydrogens (tertiary/aromatic N) is 2. The van der Waals surface area contributed by atoms with Crippen molar-refractivity contribution in [3.05, 3.63) is 59.7 Å². The minimum absolute atomic E-state index is 0.00371. The Balaban J connectivity index is 1.17. The first-order chi connectivity index (χ1) is 26.1. The Labute approximate surface area is 319 Å². The molecule has 0 bridgehead atoms. The van der Waals surface area contributed by atoms with Gasteiger partial charge in [-0.1, -0.05) is 24.3 Å². The van der Waals surface area contributed by atoms with Crippen LogP contribution in [0.3, 0.4) is 0 Å². The molecule has 2 aromatic rings. The summed E-state index contributed by atoms with van der Waals surface area (Å²) in [5, 5.41) is 16.4. The highest BCUT2D eigenvalue weighted by Crippen LogP contribution is 2.46. The molecular weight excluding hydrogens is 757 g/mol. The highest BCUT2D eigenvalue weighted by Gasteiger charge is 2.46. The van der Waals surface area contributed by atoms with E-state index in [2.05, 4.69) is 29.1 Å². The number of aliphatic hydroxyl groups excluding tert-OH is 1. The molecule has 6 rings (SSSR count). The third-order valence-corrected chi connectivity index (χ3v) is 14.0. The fraction of sp³-hybridized carbons (Fsp3) is 0.472. The largest absolute Gasteiger partial charge is 0.493 e. The molecule has 4 atom stereocenters. The molecule has 0 aliphatic carbocycles. The maximum atomic E-state index is 14.3. The summed E-state index contributed by atoms with van der Waals surface area (Å²) < 4.78 is 72.5. The summed E-state index contributed by atoms with van der Waals surface area (Å²) in [7, 11) is -5.15. The van der Waals surface area contributed by atoms with E-state index < -0.39 is 40.5 Å². The molecule has 0 radical (unpaired) electrons. The second kappa shape index (κ2) is 16.1. The average Bonchev–Trinajstić information content (AvgIpc) is 3.66. The van der Waals surface area contributed by atoms with Gasteiger partial charge in [0.25, 0.3) is 21.9 Å². The van der Waals surface area contributed by atoms with Gasteiger partial charge in [0.2, 0.25) is 5.91 Å². The second-order valence-corrected chi connectivity index (χ2v) is 18.9. The predicted molar refractivity (Wildman–Crippen MR) is 204 cm³/mol. The Morgan fingerprint density at radius 1 is 0.909 bits per heavy atom. The lowest BCUT2D eigenvalue weighted by Crippen LogP contribution is -2.47. The topological polar surface area (TPSA) is 222 Å². The summed E-state index contributed by atoms with van der Waals surface area (Å²) in [6, 6.07) is 5.17. The van der Waals surface area contributed by atoms with Gasteiger partial charge in [0.05, 0.1) is 74.9 Å². The molecule has 2 saturated heterocycles. The van der Waals surface area contributed by atoms with Crippen LogP contribution in [0.15, 0.2) is 48.6 Å². The number of rotatable bonds is 15. The monoisotopic (exact) mass is 803 g/mol. The Morgan fingerprint density at radius 2 is 1.47 bits per heavy atom. The van der Waals surface area contributed by atoms with Gasteiger partial charge in [-0.25, -0.2) is 0 Å². The van der Waals surface area contributed by atoms with E-state index in [0.29, 0.717) is 47.8 Å². The Morgan fingerprint density at radius 3 is 2.07 bits per heavy atom. The van der Waals surface area contributed by atoms with Crippen molar-refractivity contribution in [2.75, 3.05) is 82.9 Å². The molecule has 19 heteroatoms. The second-order valence-electron chi connectivity index (χ2n) is 14.0. The summed E-state index contributed by atoms with van der Waals surface area (Å²) in [6.45, 7) is 8.48. The zero-order valence-corrected chi connectivity index (χ0v) is 32.4. The van der Waals surface area contributed by atoms with Crippen molar-refractivity contribution in [3.63, 3.8) is 0 Å². The van der Waals surface area contributed by atoms with Gasteiger partial charge in [-0.3, -0.25) is 18.9 Å². The number of carbonyl (C=O) groups excluding carboxylic acids is 3. The maximum Gasteiger partial charge on any atom is 0.288 e. The molecule has 0 spiro atoms. The van der Waals surface area contributed by atoms with Crippen LogP contribution in [0.25, 0.3) is 0 Å². The molecule has 0 saturated carbocycles. The predicted octanol–water partition coefficient (Wildman–Crippen LogP) is 2.59. The maximum absolute atomic E-state index is 14.3. The smallest absolute Gasteiger partial charge is 0.288 e. The summed E-state index contributed by atoms with van der Waals surface area (Å²) in [5.41, 5.74) is 2.84. The Bertz CT molecular complexity index is 2060. The first-order valence-corrected chi connectivity index (χ1v) is 21.5. The summed E-state index contributed by atoms with van der Waals surface area (Å²) in [4.78, 5) is 42.4. The van der Waals surface area contributed by atoms with Crippen molar-refractivity contribution >= 4 is 46.4 Å². The lowest BCUT2D eigenvalue weighted by atomic mass is 10.1. The third-order valence-electron chi connectivity index (χ3n) is 10.2. The van der Waals surface area contributed by atoms with E-state index in [-0.39, 0.29) is 92.5 Å². The Kier molecular flexibility index (Phi) is 11.7. The molecule has 2 aromatic carbocycles. The number of carbonyl (C=O) groups is 3. The molecule has 2 unspecified atom stereocenters. The molecule has 2 fully saturated rings. The van der Waals surface area contributed by atoms with Crippen LogP contribution in [-0.2, 0) is 19.5 Å². The lowest BCUT2D eigenvalue weighted by molar-refractivity contribution is -0.121. The zero-order chi connectivity index (χ0) is 39.7. The summed E-state index contributed by atoms with van der Waals surface area (Å²) >= 11 is 0. The van der Waals surface area contributed by atoms with E-state index in [1.807, 2.05) is 0 Å². The highest BCUT2D eigenvalue weighted by atomic mass is 32.2. The number of amides is 3. The van der Waals surface area contributed by atoms with Crippen LogP contribution in [0.2, 0.25) is 0 Å². The number of benzene rings is 2. The molecule has 5 N–H and O–H groups in total. The number of aliphatic hydroxyl groups is 1. The van der Waals surface area contributed by atoms with E-state index in [0.717, 1.165) is 5.57 Å². The van der Waals surface area contributed by atoms with E-state index in [9.17, 15) is 37.0 Å². The summed E-state index contributed by atoms with van der Waals surface area (Å²) in [6.07, 6.45) is 0.448. The van der Waals surface area contributed by atoms with E-state index >= 15 is 0 Å². The van der Waals surface area contributed by atoms with Crippen molar-refractivity contribution in [1.82, 2.24) is 15.1 Å². The van der Waals surface area contributed by atoms with Crippen LogP contribution in [0.4, 0.5) is 11.4 Å². The fourth-order valence-corrected chi connectivity index (χ4v) is 10.1. The zero-order valence-electron chi connectivity index (χ0n) is 30.7. The molecule has 0 aromatic heterocycles. The first-order valence-electron chi connectivity index (χ1n) is 17.7. The standard InChI is InChI=1S/C36H46N5O12PS/c1-21-11-23-17-37-26-15-31(29(50-3)13-24(26)35(44)40(23)18-21)52-7-9-54(46,20-38-33(43)5-6-42)10-8-53-32-16-27-25(14-30(32)51-4)36(45)41-19-22(2)12-28(41)34(39-27)55(47,48)49/h13-16,23,28,34,37,39,42H,1-2,5-12,17-20H2,3-4H3,(H,38,43)(H,47,48,49)/t23-,28-,34?,54?/m0/s1. The van der Waals surface area contributed by atoms with Crippen molar-refractivity contribution < 1.29 is 56.0 Å². The van der Waals surface area contributed by atoms with E-state index in [1.165, 1.54) is 31.3 Å². The minimum Gasteiger partial charge on any atom is -0.493 e. The van der Waals surface area contributed by atoms with Crippen molar-refractivity contribution in [3.8, 4) is 23.0 Å². The van der Waals surface area contributed by atoms with Crippen LogP contribution >= 0.6 is 7.14 Å². The van der Waals surface area contributed by atoms with Gasteiger partial charge in [-0.15, -0.1) is 0 Å². The number of fused-ring (bicyclic) bond motifs is 4. The van der Waals surface area contributed by atoms with Crippen LogP contribution in [0.5, 0.6) is 23.0 Å². The quantitative estimate of drug-likeness (QED) is 0.0993. The van der Waals surface area contributed by atoms with Gasteiger partial charge in [0.1, 0.15) is 7.14 Å². The van der Waals surface area contributed by atoms with Crippen molar-refractivity contribution in [1.29, 1.82) is 0 Å². The van der Waals surface area contributed by atoms with Crippen LogP contribution in [0.1, 0.15) is 40.0 Å².